The molecule has 2 aromatic rings. The van der Waals surface area contributed by atoms with Gasteiger partial charge < -0.3 is 14.9 Å². The van der Waals surface area contributed by atoms with E-state index in [2.05, 4.69) is 10.3 Å². The number of amides is 1. The molecule has 2 heterocycles. The zero-order valence-corrected chi connectivity index (χ0v) is 12.0. The molecule has 0 aliphatic heterocycles. The first-order chi connectivity index (χ1) is 10.0. The summed E-state index contributed by atoms with van der Waals surface area (Å²) in [5.41, 5.74) is 1.19. The molecule has 0 saturated carbocycles. The number of anilines is 1. The van der Waals surface area contributed by atoms with Crippen molar-refractivity contribution in [2.75, 3.05) is 5.32 Å². The van der Waals surface area contributed by atoms with Crippen LogP contribution in [0.1, 0.15) is 41.1 Å². The monoisotopic (exact) mass is 287 g/mol. The lowest BCUT2D eigenvalue weighted by Gasteiger charge is -2.08. The van der Waals surface area contributed by atoms with Gasteiger partial charge in [0.25, 0.3) is 11.5 Å². The van der Waals surface area contributed by atoms with Crippen LogP contribution in [0.4, 0.5) is 5.69 Å². The molecule has 1 amide bonds. The lowest BCUT2D eigenvalue weighted by molar-refractivity contribution is 0.101. The van der Waals surface area contributed by atoms with E-state index >= 15 is 0 Å². The van der Waals surface area contributed by atoms with E-state index in [1.54, 1.807) is 16.8 Å². The number of aryl methyl sites for hydroxylation is 1. The minimum atomic E-state index is -0.357. The maximum absolute atomic E-state index is 12.1. The van der Waals surface area contributed by atoms with Crippen LogP contribution >= 0.6 is 0 Å². The molecule has 0 saturated heterocycles. The van der Waals surface area contributed by atoms with Crippen LogP contribution in [-0.2, 0) is 6.54 Å². The average molecular weight is 287 g/mol. The van der Waals surface area contributed by atoms with E-state index in [4.69, 9.17) is 0 Å². The molecule has 0 aliphatic rings. The van der Waals surface area contributed by atoms with Gasteiger partial charge in [-0.15, -0.1) is 0 Å². The van der Waals surface area contributed by atoms with Crippen LogP contribution in [0.2, 0.25) is 0 Å². The number of carbonyl (C=O) groups excluding carboxylic acids is 2. The van der Waals surface area contributed by atoms with Gasteiger partial charge in [-0.25, -0.2) is 0 Å². The first-order valence-corrected chi connectivity index (χ1v) is 6.72. The van der Waals surface area contributed by atoms with Crippen molar-refractivity contribution in [1.82, 2.24) is 9.55 Å². The average Bonchev–Trinajstić information content (AvgIpc) is 2.93. The summed E-state index contributed by atoms with van der Waals surface area (Å²) in [4.78, 5) is 37.6. The van der Waals surface area contributed by atoms with Crippen molar-refractivity contribution in [3.8, 4) is 0 Å². The van der Waals surface area contributed by atoms with Crippen molar-refractivity contribution >= 4 is 17.4 Å². The number of Topliss-reactive ketones (excluding diaryl/α,β-unsaturated/α-hetero) is 1. The summed E-state index contributed by atoms with van der Waals surface area (Å²) >= 11 is 0. The standard InChI is InChI=1S/C15H17N3O3/c1-3-6-18-9-12(4-5-14(18)20)17-15(21)13-7-11(8-16-13)10(2)19/h4-5,7-9,16H,3,6H2,1-2H3,(H,17,21). The molecule has 2 rings (SSSR count). The van der Waals surface area contributed by atoms with Gasteiger partial charge in [0.2, 0.25) is 0 Å². The molecule has 0 atom stereocenters. The van der Waals surface area contributed by atoms with Gasteiger partial charge in [-0.3, -0.25) is 14.4 Å². The highest BCUT2D eigenvalue weighted by Crippen LogP contribution is 2.09. The van der Waals surface area contributed by atoms with E-state index in [-0.39, 0.29) is 17.2 Å². The molecule has 0 aromatic carbocycles. The van der Waals surface area contributed by atoms with Gasteiger partial charge in [-0.1, -0.05) is 6.92 Å². The predicted molar refractivity (Wildman–Crippen MR) is 79.7 cm³/mol. The number of rotatable bonds is 5. The number of H-pyrrole nitrogens is 1. The lowest BCUT2D eigenvalue weighted by atomic mass is 10.2. The van der Waals surface area contributed by atoms with Crippen molar-refractivity contribution < 1.29 is 9.59 Å². The topological polar surface area (TPSA) is 84.0 Å². The quantitative estimate of drug-likeness (QED) is 0.825. The summed E-state index contributed by atoms with van der Waals surface area (Å²) in [5, 5.41) is 2.70. The third kappa shape index (κ3) is 3.47. The van der Waals surface area contributed by atoms with Gasteiger partial charge in [0, 0.05) is 30.6 Å². The molecule has 110 valence electrons. The fourth-order valence-electron chi connectivity index (χ4n) is 1.95. The number of nitrogens with zero attached hydrogens (tertiary/aromatic N) is 1. The molecule has 0 unspecified atom stereocenters. The minimum Gasteiger partial charge on any atom is -0.356 e. The minimum absolute atomic E-state index is 0.103. The third-order valence-corrected chi connectivity index (χ3v) is 3.04. The second kappa shape index (κ2) is 6.21. The normalized spacial score (nSPS) is 10.4. The molecular formula is C15H17N3O3. The van der Waals surface area contributed by atoms with Gasteiger partial charge in [-0.05, 0) is 25.5 Å². The van der Waals surface area contributed by atoms with Crippen molar-refractivity contribution in [3.63, 3.8) is 0 Å². The van der Waals surface area contributed by atoms with E-state index in [0.717, 1.165) is 6.42 Å². The molecule has 0 bridgehead atoms. The number of hydrogen-bond acceptors (Lipinski definition) is 3. The van der Waals surface area contributed by atoms with Gasteiger partial charge >= 0.3 is 0 Å². The summed E-state index contributed by atoms with van der Waals surface area (Å²) in [6, 6.07) is 4.47. The molecule has 0 spiro atoms. The zero-order valence-electron chi connectivity index (χ0n) is 12.0. The Labute approximate surface area is 121 Å². The summed E-state index contributed by atoms with van der Waals surface area (Å²) in [6.45, 7) is 4.00. The Morgan fingerprint density at radius 3 is 2.71 bits per heavy atom. The Hall–Kier alpha value is -2.63. The van der Waals surface area contributed by atoms with Crippen LogP contribution in [0.3, 0.4) is 0 Å². The second-order valence-electron chi connectivity index (χ2n) is 4.76. The molecular weight excluding hydrogens is 270 g/mol. The number of aromatic amines is 1. The van der Waals surface area contributed by atoms with E-state index in [0.29, 0.717) is 23.5 Å². The molecule has 2 aromatic heterocycles. The summed E-state index contributed by atoms with van der Waals surface area (Å²) in [7, 11) is 0. The van der Waals surface area contributed by atoms with Gasteiger partial charge in [0.05, 0.1) is 5.69 Å². The van der Waals surface area contributed by atoms with Crippen molar-refractivity contribution in [2.24, 2.45) is 0 Å². The highest BCUT2D eigenvalue weighted by molar-refractivity contribution is 6.05. The molecule has 2 N–H and O–H groups in total. The van der Waals surface area contributed by atoms with Crippen LogP contribution in [0, 0.1) is 0 Å². The van der Waals surface area contributed by atoms with E-state index < -0.39 is 0 Å². The van der Waals surface area contributed by atoms with Crippen LogP contribution < -0.4 is 10.9 Å². The first-order valence-electron chi connectivity index (χ1n) is 6.72. The Morgan fingerprint density at radius 1 is 1.33 bits per heavy atom. The summed E-state index contributed by atoms with van der Waals surface area (Å²) < 4.78 is 1.55. The largest absolute Gasteiger partial charge is 0.356 e. The first kappa shape index (κ1) is 14.8. The molecule has 6 heteroatoms. The molecule has 0 aliphatic carbocycles. The maximum atomic E-state index is 12.1. The maximum Gasteiger partial charge on any atom is 0.272 e. The number of hydrogen-bond donors (Lipinski definition) is 2. The number of ketones is 1. The Balaban J connectivity index is 2.17. The SMILES string of the molecule is CCCn1cc(NC(=O)c2cc(C(C)=O)c[nH]2)ccc1=O. The van der Waals surface area contributed by atoms with Crippen LogP contribution in [0.15, 0.2) is 35.4 Å². The highest BCUT2D eigenvalue weighted by atomic mass is 16.2. The fourth-order valence-corrected chi connectivity index (χ4v) is 1.95. The Bertz CT molecular complexity index is 728. The predicted octanol–water partition coefficient (Wildman–Crippen LogP) is 2.04. The Kier molecular flexibility index (Phi) is 4.37. The van der Waals surface area contributed by atoms with Crippen molar-refractivity contribution in [1.29, 1.82) is 0 Å². The number of aromatic nitrogens is 2. The van der Waals surface area contributed by atoms with Gasteiger partial charge in [0.15, 0.2) is 5.78 Å². The van der Waals surface area contributed by atoms with Gasteiger partial charge in [0.1, 0.15) is 5.69 Å². The van der Waals surface area contributed by atoms with Crippen LogP contribution in [-0.4, -0.2) is 21.2 Å². The van der Waals surface area contributed by atoms with Crippen molar-refractivity contribution in [2.45, 2.75) is 26.8 Å². The van der Waals surface area contributed by atoms with Crippen LogP contribution in [0.5, 0.6) is 0 Å². The highest BCUT2D eigenvalue weighted by Gasteiger charge is 2.11. The third-order valence-electron chi connectivity index (χ3n) is 3.04. The molecule has 0 radical (unpaired) electrons. The molecule has 0 fully saturated rings. The summed E-state index contributed by atoms with van der Waals surface area (Å²) in [5.74, 6) is -0.467. The van der Waals surface area contributed by atoms with Crippen molar-refractivity contribution in [3.05, 3.63) is 52.2 Å². The smallest absolute Gasteiger partial charge is 0.272 e. The van der Waals surface area contributed by atoms with E-state index in [1.165, 1.54) is 25.3 Å². The fraction of sp³-hybridized carbons (Fsp3) is 0.267. The second-order valence-corrected chi connectivity index (χ2v) is 4.76. The molecule has 6 nitrogen and oxygen atoms in total. The number of carbonyl (C=O) groups is 2. The van der Waals surface area contributed by atoms with E-state index in [9.17, 15) is 14.4 Å². The summed E-state index contributed by atoms with van der Waals surface area (Å²) in [6.07, 6.45) is 3.93. The lowest BCUT2D eigenvalue weighted by Crippen LogP contribution is -2.20. The van der Waals surface area contributed by atoms with Crippen LogP contribution in [0.25, 0.3) is 0 Å². The number of nitrogens with one attached hydrogen (secondary N) is 2. The van der Waals surface area contributed by atoms with Gasteiger partial charge in [-0.2, -0.15) is 0 Å². The number of pyridine rings is 1. The zero-order chi connectivity index (χ0) is 15.4. The Morgan fingerprint density at radius 2 is 2.10 bits per heavy atom. The van der Waals surface area contributed by atoms with E-state index in [1.807, 2.05) is 6.92 Å². The molecule has 21 heavy (non-hydrogen) atoms.